The van der Waals surface area contributed by atoms with Crippen LogP contribution in [0.25, 0.3) is 0 Å². The van der Waals surface area contributed by atoms with Crippen molar-refractivity contribution in [3.05, 3.63) is 17.5 Å². The molecule has 0 aliphatic heterocycles. The second-order valence-electron chi connectivity index (χ2n) is 3.87. The van der Waals surface area contributed by atoms with E-state index < -0.39 is 0 Å². The molecule has 88 valence electrons. The van der Waals surface area contributed by atoms with Gasteiger partial charge >= 0.3 is 0 Å². The number of hydrogen-bond acceptors (Lipinski definition) is 2. The van der Waals surface area contributed by atoms with Gasteiger partial charge in [0.05, 0.1) is 5.69 Å². The first-order valence-electron chi connectivity index (χ1n) is 5.82. The predicted octanol–water partition coefficient (Wildman–Crippen LogP) is 2.05. The smallest absolute Gasteiger partial charge is 0.0669 e. The van der Waals surface area contributed by atoms with Crippen molar-refractivity contribution in [2.45, 2.75) is 39.2 Å². The minimum atomic E-state index is 0.365. The SMILES string of the molecule is CC#CCCC(NC)c1cn(C)nc1CC. The quantitative estimate of drug-likeness (QED) is 0.768. The molecule has 0 aromatic carbocycles. The molecule has 0 saturated carbocycles. The number of nitrogens with zero attached hydrogens (tertiary/aromatic N) is 2. The van der Waals surface area contributed by atoms with Crippen molar-refractivity contribution in [2.75, 3.05) is 7.05 Å². The fourth-order valence-corrected chi connectivity index (χ4v) is 1.92. The summed E-state index contributed by atoms with van der Waals surface area (Å²) in [4.78, 5) is 0. The normalized spacial score (nSPS) is 12.0. The lowest BCUT2D eigenvalue weighted by atomic mass is 10.0. The van der Waals surface area contributed by atoms with Crippen molar-refractivity contribution in [1.29, 1.82) is 0 Å². The highest BCUT2D eigenvalue weighted by atomic mass is 15.3. The molecule has 16 heavy (non-hydrogen) atoms. The molecule has 1 rings (SSSR count). The Hall–Kier alpha value is -1.27. The molecule has 1 unspecified atom stereocenters. The van der Waals surface area contributed by atoms with E-state index in [0.717, 1.165) is 19.3 Å². The lowest BCUT2D eigenvalue weighted by molar-refractivity contribution is 0.554. The third kappa shape index (κ3) is 3.11. The van der Waals surface area contributed by atoms with Crippen LogP contribution in [0, 0.1) is 11.8 Å². The first-order valence-corrected chi connectivity index (χ1v) is 5.82. The summed E-state index contributed by atoms with van der Waals surface area (Å²) in [6, 6.07) is 0.365. The zero-order valence-electron chi connectivity index (χ0n) is 10.7. The Morgan fingerprint density at radius 2 is 2.31 bits per heavy atom. The summed E-state index contributed by atoms with van der Waals surface area (Å²) in [5, 5.41) is 7.81. The summed E-state index contributed by atoms with van der Waals surface area (Å²) in [5.74, 6) is 6.04. The zero-order valence-corrected chi connectivity index (χ0v) is 10.7. The van der Waals surface area contributed by atoms with Gasteiger partial charge in [-0.15, -0.1) is 11.8 Å². The number of nitrogens with one attached hydrogen (secondary N) is 1. The summed E-state index contributed by atoms with van der Waals surface area (Å²) in [5.41, 5.74) is 2.50. The summed E-state index contributed by atoms with van der Waals surface area (Å²) in [7, 11) is 3.97. The molecular weight excluding hydrogens is 198 g/mol. The Morgan fingerprint density at radius 1 is 1.56 bits per heavy atom. The van der Waals surface area contributed by atoms with Crippen LogP contribution in [-0.2, 0) is 13.5 Å². The van der Waals surface area contributed by atoms with E-state index in [-0.39, 0.29) is 0 Å². The lowest BCUT2D eigenvalue weighted by Crippen LogP contribution is -2.17. The van der Waals surface area contributed by atoms with E-state index in [9.17, 15) is 0 Å². The molecule has 3 heteroatoms. The maximum atomic E-state index is 4.47. The van der Waals surface area contributed by atoms with Crippen LogP contribution < -0.4 is 5.32 Å². The maximum Gasteiger partial charge on any atom is 0.0669 e. The standard InChI is InChI=1S/C13H21N3/c1-5-7-8-9-13(14-3)11-10-16(4)15-12(11)6-2/h10,13-14H,6,8-9H2,1-4H3. The molecule has 0 spiro atoms. The van der Waals surface area contributed by atoms with Gasteiger partial charge in [0.25, 0.3) is 0 Å². The Bertz CT molecular complexity index is 382. The van der Waals surface area contributed by atoms with Gasteiger partial charge < -0.3 is 5.32 Å². The Labute approximate surface area is 98.2 Å². The van der Waals surface area contributed by atoms with Crippen LogP contribution in [0.3, 0.4) is 0 Å². The summed E-state index contributed by atoms with van der Waals surface area (Å²) >= 11 is 0. The molecule has 0 fully saturated rings. The van der Waals surface area contributed by atoms with E-state index in [2.05, 4.69) is 35.4 Å². The van der Waals surface area contributed by atoms with Crippen molar-refractivity contribution >= 4 is 0 Å². The maximum absolute atomic E-state index is 4.47. The second-order valence-corrected chi connectivity index (χ2v) is 3.87. The van der Waals surface area contributed by atoms with E-state index in [0.29, 0.717) is 6.04 Å². The van der Waals surface area contributed by atoms with Crippen molar-refractivity contribution < 1.29 is 0 Å². The van der Waals surface area contributed by atoms with Gasteiger partial charge in [0.1, 0.15) is 0 Å². The van der Waals surface area contributed by atoms with E-state index in [1.165, 1.54) is 11.3 Å². The highest BCUT2D eigenvalue weighted by Gasteiger charge is 2.15. The molecule has 0 amide bonds. The van der Waals surface area contributed by atoms with Crippen LogP contribution in [0.1, 0.15) is 44.0 Å². The van der Waals surface area contributed by atoms with Crippen LogP contribution in [0.15, 0.2) is 6.20 Å². The largest absolute Gasteiger partial charge is 0.313 e. The van der Waals surface area contributed by atoms with E-state index in [1.54, 1.807) is 0 Å². The van der Waals surface area contributed by atoms with Crippen molar-refractivity contribution in [1.82, 2.24) is 15.1 Å². The molecule has 0 radical (unpaired) electrons. The van der Waals surface area contributed by atoms with Gasteiger partial charge in [-0.1, -0.05) is 6.92 Å². The number of aromatic nitrogens is 2. The minimum Gasteiger partial charge on any atom is -0.313 e. The highest BCUT2D eigenvalue weighted by Crippen LogP contribution is 2.21. The van der Waals surface area contributed by atoms with Gasteiger partial charge in [-0.25, -0.2) is 0 Å². The van der Waals surface area contributed by atoms with Crippen LogP contribution in [0.2, 0.25) is 0 Å². The van der Waals surface area contributed by atoms with E-state index >= 15 is 0 Å². The van der Waals surface area contributed by atoms with Crippen molar-refractivity contribution in [3.63, 3.8) is 0 Å². The average molecular weight is 219 g/mol. The van der Waals surface area contributed by atoms with Gasteiger partial charge in [-0.05, 0) is 26.8 Å². The fourth-order valence-electron chi connectivity index (χ4n) is 1.92. The van der Waals surface area contributed by atoms with E-state index in [4.69, 9.17) is 0 Å². The van der Waals surface area contributed by atoms with Crippen molar-refractivity contribution in [2.24, 2.45) is 7.05 Å². The molecule has 1 atom stereocenters. The van der Waals surface area contributed by atoms with Gasteiger partial charge in [0.2, 0.25) is 0 Å². The molecule has 0 bridgehead atoms. The molecule has 3 nitrogen and oxygen atoms in total. The monoisotopic (exact) mass is 219 g/mol. The Morgan fingerprint density at radius 3 is 2.88 bits per heavy atom. The van der Waals surface area contributed by atoms with Gasteiger partial charge in [-0.3, -0.25) is 4.68 Å². The van der Waals surface area contributed by atoms with Crippen LogP contribution >= 0.6 is 0 Å². The topological polar surface area (TPSA) is 29.9 Å². The van der Waals surface area contributed by atoms with Gasteiger partial charge in [0.15, 0.2) is 0 Å². The zero-order chi connectivity index (χ0) is 12.0. The predicted molar refractivity (Wildman–Crippen MR) is 67.1 cm³/mol. The molecule has 0 aliphatic rings. The molecule has 1 heterocycles. The summed E-state index contributed by atoms with van der Waals surface area (Å²) < 4.78 is 1.89. The number of aryl methyl sites for hydroxylation is 2. The van der Waals surface area contributed by atoms with Crippen LogP contribution in [0.4, 0.5) is 0 Å². The third-order valence-corrected chi connectivity index (χ3v) is 2.73. The first kappa shape index (κ1) is 12.8. The first-order chi connectivity index (χ1) is 7.72. The minimum absolute atomic E-state index is 0.365. The van der Waals surface area contributed by atoms with Gasteiger partial charge in [-0.2, -0.15) is 5.10 Å². The van der Waals surface area contributed by atoms with Crippen molar-refractivity contribution in [3.8, 4) is 11.8 Å². The number of rotatable bonds is 5. The van der Waals surface area contributed by atoms with E-state index in [1.807, 2.05) is 25.7 Å². The second kappa shape index (κ2) is 6.34. The molecule has 0 aliphatic carbocycles. The molecule has 0 saturated heterocycles. The fraction of sp³-hybridized carbons (Fsp3) is 0.615. The van der Waals surface area contributed by atoms with Crippen LogP contribution in [0.5, 0.6) is 0 Å². The molecular formula is C13H21N3. The molecule has 1 aromatic rings. The Kier molecular flexibility index (Phi) is 5.07. The summed E-state index contributed by atoms with van der Waals surface area (Å²) in [6.45, 7) is 4.03. The van der Waals surface area contributed by atoms with Crippen LogP contribution in [-0.4, -0.2) is 16.8 Å². The molecule has 1 aromatic heterocycles. The lowest BCUT2D eigenvalue weighted by Gasteiger charge is -2.14. The number of hydrogen-bond donors (Lipinski definition) is 1. The molecule has 1 N–H and O–H groups in total. The highest BCUT2D eigenvalue weighted by molar-refractivity contribution is 5.21. The Balaban J connectivity index is 2.79. The average Bonchev–Trinajstić information content (AvgIpc) is 2.66. The third-order valence-electron chi connectivity index (χ3n) is 2.73. The summed E-state index contributed by atoms with van der Waals surface area (Å²) in [6.07, 6.45) is 5.06. The van der Waals surface area contributed by atoms with Gasteiger partial charge in [0, 0.05) is 31.3 Å².